The molecule has 5 nitrogen and oxygen atoms in total. The van der Waals surface area contributed by atoms with Gasteiger partial charge in [0.2, 0.25) is 5.91 Å². The lowest BCUT2D eigenvalue weighted by molar-refractivity contribution is -0.122. The zero-order chi connectivity index (χ0) is 17.9. The van der Waals surface area contributed by atoms with Crippen molar-refractivity contribution in [1.29, 1.82) is 0 Å². The lowest BCUT2D eigenvalue weighted by Crippen LogP contribution is -2.46. The first-order valence-corrected chi connectivity index (χ1v) is 8.69. The van der Waals surface area contributed by atoms with Crippen molar-refractivity contribution in [2.45, 2.75) is 26.3 Å². The van der Waals surface area contributed by atoms with E-state index in [0.29, 0.717) is 10.7 Å². The van der Waals surface area contributed by atoms with E-state index in [1.54, 1.807) is 24.6 Å². The van der Waals surface area contributed by atoms with Gasteiger partial charge in [0.25, 0.3) is 5.91 Å². The van der Waals surface area contributed by atoms with E-state index < -0.39 is 0 Å². The van der Waals surface area contributed by atoms with Gasteiger partial charge in [-0.3, -0.25) is 9.59 Å². The Morgan fingerprint density at radius 2 is 1.88 bits per heavy atom. The molecule has 0 radical (unpaired) electrons. The molecule has 0 spiro atoms. The number of likely N-dealkylation sites (N-methyl/N-ethyl adjacent to an activating group) is 1. The van der Waals surface area contributed by atoms with Crippen LogP contribution in [0.25, 0.3) is 10.6 Å². The molecule has 1 N–H and O–H groups in total. The van der Waals surface area contributed by atoms with Crippen LogP contribution >= 0.6 is 22.9 Å². The fraction of sp³-hybridized carbons (Fsp3) is 0.353. The quantitative estimate of drug-likeness (QED) is 0.902. The summed E-state index contributed by atoms with van der Waals surface area (Å²) in [7, 11) is 1.59. The third kappa shape index (κ3) is 5.04. The normalized spacial score (nSPS) is 11.2. The molecule has 1 heterocycles. The molecule has 1 aromatic heterocycles. The number of rotatable bonds is 4. The number of amides is 2. The highest BCUT2D eigenvalue weighted by Crippen LogP contribution is 2.25. The predicted octanol–water partition coefficient (Wildman–Crippen LogP) is 3.45. The summed E-state index contributed by atoms with van der Waals surface area (Å²) >= 11 is 7.26. The third-order valence-electron chi connectivity index (χ3n) is 3.06. The fourth-order valence-electron chi connectivity index (χ4n) is 2.04. The Bertz CT molecular complexity index is 735. The van der Waals surface area contributed by atoms with Crippen LogP contribution < -0.4 is 5.32 Å². The van der Waals surface area contributed by atoms with Crippen LogP contribution in [0.15, 0.2) is 29.6 Å². The van der Waals surface area contributed by atoms with E-state index in [0.717, 1.165) is 10.6 Å². The number of hydrogen-bond acceptors (Lipinski definition) is 4. The molecule has 0 unspecified atom stereocenters. The smallest absolute Gasteiger partial charge is 0.273 e. The number of thiazole rings is 1. The van der Waals surface area contributed by atoms with Crippen molar-refractivity contribution in [2.75, 3.05) is 13.6 Å². The highest BCUT2D eigenvalue weighted by Gasteiger charge is 2.20. The second-order valence-corrected chi connectivity index (χ2v) is 7.80. The Balaban J connectivity index is 2.05. The van der Waals surface area contributed by atoms with Crippen molar-refractivity contribution in [3.63, 3.8) is 0 Å². The molecule has 2 rings (SSSR count). The van der Waals surface area contributed by atoms with Crippen LogP contribution in [0.3, 0.4) is 0 Å². The van der Waals surface area contributed by atoms with Crippen molar-refractivity contribution >= 4 is 34.8 Å². The van der Waals surface area contributed by atoms with Crippen molar-refractivity contribution in [1.82, 2.24) is 15.2 Å². The molecule has 1 aromatic carbocycles. The van der Waals surface area contributed by atoms with Crippen molar-refractivity contribution in [3.8, 4) is 10.6 Å². The summed E-state index contributed by atoms with van der Waals surface area (Å²) in [4.78, 5) is 30.1. The Morgan fingerprint density at radius 3 is 2.46 bits per heavy atom. The standard InChI is InChI=1S/C17H20ClN3O2S/c1-17(2,3)20-14(22)9-21(4)16(23)13-10-24-15(19-13)11-5-7-12(18)8-6-11/h5-8,10H,9H2,1-4H3,(H,20,22). The molecule has 7 heteroatoms. The highest BCUT2D eigenvalue weighted by atomic mass is 35.5. The summed E-state index contributed by atoms with van der Waals surface area (Å²) in [6.45, 7) is 5.67. The van der Waals surface area contributed by atoms with E-state index in [-0.39, 0.29) is 23.9 Å². The van der Waals surface area contributed by atoms with E-state index in [1.165, 1.54) is 16.2 Å². The molecule has 0 saturated heterocycles. The summed E-state index contributed by atoms with van der Waals surface area (Å²) < 4.78 is 0. The molecular weight excluding hydrogens is 346 g/mol. The minimum absolute atomic E-state index is 0.0100. The summed E-state index contributed by atoms with van der Waals surface area (Å²) in [5.74, 6) is -0.484. The Kier molecular flexibility index (Phi) is 5.62. The van der Waals surface area contributed by atoms with Gasteiger partial charge in [0.1, 0.15) is 10.7 Å². The van der Waals surface area contributed by atoms with Crippen LogP contribution in [-0.4, -0.2) is 40.8 Å². The highest BCUT2D eigenvalue weighted by molar-refractivity contribution is 7.13. The summed E-state index contributed by atoms with van der Waals surface area (Å²) in [5, 5.41) is 5.92. The number of carbonyl (C=O) groups is 2. The lowest BCUT2D eigenvalue weighted by atomic mass is 10.1. The second-order valence-electron chi connectivity index (χ2n) is 6.50. The van der Waals surface area contributed by atoms with Crippen LogP contribution in [0.1, 0.15) is 31.3 Å². The van der Waals surface area contributed by atoms with Gasteiger partial charge >= 0.3 is 0 Å². The average Bonchev–Trinajstić information content (AvgIpc) is 2.94. The first-order valence-electron chi connectivity index (χ1n) is 7.43. The molecule has 0 aliphatic heterocycles. The first-order chi connectivity index (χ1) is 11.2. The van der Waals surface area contributed by atoms with Gasteiger partial charge in [-0.1, -0.05) is 23.7 Å². The SMILES string of the molecule is CN(CC(=O)NC(C)(C)C)C(=O)c1csc(-c2ccc(Cl)cc2)n1. The van der Waals surface area contributed by atoms with Gasteiger partial charge in [-0.25, -0.2) is 4.98 Å². The number of halogens is 1. The summed E-state index contributed by atoms with van der Waals surface area (Å²) in [6.07, 6.45) is 0. The van der Waals surface area contributed by atoms with E-state index in [9.17, 15) is 9.59 Å². The number of benzene rings is 1. The largest absolute Gasteiger partial charge is 0.350 e. The zero-order valence-electron chi connectivity index (χ0n) is 14.1. The molecule has 2 aromatic rings. The second kappa shape index (κ2) is 7.32. The van der Waals surface area contributed by atoms with Crippen LogP contribution in [0.2, 0.25) is 5.02 Å². The Morgan fingerprint density at radius 1 is 1.25 bits per heavy atom. The molecule has 24 heavy (non-hydrogen) atoms. The summed E-state index contributed by atoms with van der Waals surface area (Å²) in [6, 6.07) is 7.28. The van der Waals surface area contributed by atoms with E-state index in [1.807, 2.05) is 32.9 Å². The molecule has 0 fully saturated rings. The van der Waals surface area contributed by atoms with Gasteiger partial charge in [0, 0.05) is 28.6 Å². The molecule has 128 valence electrons. The van der Waals surface area contributed by atoms with Crippen LogP contribution in [-0.2, 0) is 4.79 Å². The van der Waals surface area contributed by atoms with Gasteiger partial charge in [-0.15, -0.1) is 11.3 Å². The maximum Gasteiger partial charge on any atom is 0.273 e. The topological polar surface area (TPSA) is 62.3 Å². The third-order valence-corrected chi connectivity index (χ3v) is 4.20. The number of nitrogens with one attached hydrogen (secondary N) is 1. The van der Waals surface area contributed by atoms with Crippen molar-refractivity contribution < 1.29 is 9.59 Å². The van der Waals surface area contributed by atoms with Crippen molar-refractivity contribution in [3.05, 3.63) is 40.4 Å². The minimum Gasteiger partial charge on any atom is -0.350 e. The number of nitrogens with zero attached hydrogens (tertiary/aromatic N) is 2. The van der Waals surface area contributed by atoms with E-state index in [4.69, 9.17) is 11.6 Å². The maximum atomic E-state index is 12.4. The predicted molar refractivity (Wildman–Crippen MR) is 97.4 cm³/mol. The lowest BCUT2D eigenvalue weighted by Gasteiger charge is -2.23. The minimum atomic E-state index is -0.330. The molecule has 0 aliphatic rings. The van der Waals surface area contributed by atoms with Crippen LogP contribution in [0.5, 0.6) is 0 Å². The van der Waals surface area contributed by atoms with Gasteiger partial charge in [0.05, 0.1) is 6.54 Å². The Labute approximate surface area is 150 Å². The molecule has 0 saturated carbocycles. The van der Waals surface area contributed by atoms with E-state index in [2.05, 4.69) is 10.3 Å². The van der Waals surface area contributed by atoms with Crippen LogP contribution in [0.4, 0.5) is 0 Å². The van der Waals surface area contributed by atoms with Gasteiger partial charge < -0.3 is 10.2 Å². The number of carbonyl (C=O) groups excluding carboxylic acids is 2. The van der Waals surface area contributed by atoms with E-state index >= 15 is 0 Å². The van der Waals surface area contributed by atoms with Gasteiger partial charge in [-0.05, 0) is 32.9 Å². The summed E-state index contributed by atoms with van der Waals surface area (Å²) in [5.41, 5.74) is 0.899. The zero-order valence-corrected chi connectivity index (χ0v) is 15.7. The molecule has 0 bridgehead atoms. The fourth-order valence-corrected chi connectivity index (χ4v) is 2.96. The number of hydrogen-bond donors (Lipinski definition) is 1. The molecule has 0 aliphatic carbocycles. The molecule has 2 amide bonds. The van der Waals surface area contributed by atoms with Crippen molar-refractivity contribution in [2.24, 2.45) is 0 Å². The number of aromatic nitrogens is 1. The molecule has 0 atom stereocenters. The Hall–Kier alpha value is -1.92. The monoisotopic (exact) mass is 365 g/mol. The average molecular weight is 366 g/mol. The van der Waals surface area contributed by atoms with Gasteiger partial charge in [-0.2, -0.15) is 0 Å². The molecular formula is C17H20ClN3O2S. The van der Waals surface area contributed by atoms with Crippen LogP contribution in [0, 0.1) is 0 Å². The van der Waals surface area contributed by atoms with Gasteiger partial charge in [0.15, 0.2) is 0 Å². The maximum absolute atomic E-state index is 12.4. The first kappa shape index (κ1) is 18.4.